The Kier molecular flexibility index (Phi) is 5.90. The Morgan fingerprint density at radius 1 is 1.32 bits per heavy atom. The van der Waals surface area contributed by atoms with Gasteiger partial charge in [-0.15, -0.1) is 0 Å². The highest BCUT2D eigenvalue weighted by Crippen LogP contribution is 2.38. The number of anilines is 1. The van der Waals surface area contributed by atoms with Crippen LogP contribution >= 0.6 is 27.7 Å². The summed E-state index contributed by atoms with van der Waals surface area (Å²) in [6.07, 6.45) is 4.43. The number of imide groups is 1. The third kappa shape index (κ3) is 4.12. The number of phenolic OH excluding ortho intramolecular Hbond substituents is 1. The molecular weight excluding hydrogens is 448 g/mol. The Labute approximate surface area is 174 Å². The lowest BCUT2D eigenvalue weighted by atomic mass is 10.1. The maximum Gasteiger partial charge on any atom is 0.293 e. The molecule has 0 radical (unpaired) electrons. The van der Waals surface area contributed by atoms with Gasteiger partial charge in [0, 0.05) is 36.5 Å². The lowest BCUT2D eigenvalue weighted by molar-refractivity contribution is -0.121. The quantitative estimate of drug-likeness (QED) is 0.643. The molecule has 1 fully saturated rings. The first-order valence-electron chi connectivity index (χ1n) is 8.20. The van der Waals surface area contributed by atoms with E-state index >= 15 is 0 Å². The van der Waals surface area contributed by atoms with Gasteiger partial charge in [-0.2, -0.15) is 0 Å². The minimum Gasteiger partial charge on any atom is -0.504 e. The van der Waals surface area contributed by atoms with E-state index in [0.29, 0.717) is 20.9 Å². The molecule has 3 rings (SSSR count). The number of likely N-dealkylation sites (N-methyl/N-ethyl adjacent to an activating group) is 1. The molecule has 28 heavy (non-hydrogen) atoms. The highest BCUT2D eigenvalue weighted by molar-refractivity contribution is 9.10. The summed E-state index contributed by atoms with van der Waals surface area (Å²) in [5.74, 6) is 0.296. The molecule has 2 aromatic rings. The van der Waals surface area contributed by atoms with E-state index < -0.39 is 6.10 Å². The fourth-order valence-electron chi connectivity index (χ4n) is 2.39. The van der Waals surface area contributed by atoms with Crippen molar-refractivity contribution in [2.75, 3.05) is 19.4 Å². The second-order valence-electron chi connectivity index (χ2n) is 5.93. The molecule has 1 aromatic heterocycles. The first-order chi connectivity index (χ1) is 13.3. The molecule has 0 saturated carbocycles. The number of hydrogen-bond acceptors (Lipinski definition) is 8. The number of halogens is 1. The average molecular weight is 465 g/mol. The first-order valence-corrected chi connectivity index (χ1v) is 9.81. The molecule has 1 aliphatic rings. The molecule has 2 N–H and O–H groups in total. The zero-order chi connectivity index (χ0) is 20.4. The van der Waals surface area contributed by atoms with Crippen molar-refractivity contribution in [3.63, 3.8) is 0 Å². The summed E-state index contributed by atoms with van der Waals surface area (Å²) in [5, 5.41) is 12.7. The van der Waals surface area contributed by atoms with Crippen LogP contribution in [0.15, 0.2) is 33.9 Å². The number of nitrogens with one attached hydrogen (secondary N) is 1. The van der Waals surface area contributed by atoms with E-state index in [0.717, 1.165) is 22.2 Å². The number of nitrogens with zero attached hydrogens (tertiary/aromatic N) is 3. The Morgan fingerprint density at radius 3 is 2.57 bits per heavy atom. The van der Waals surface area contributed by atoms with Crippen LogP contribution in [0.5, 0.6) is 11.5 Å². The van der Waals surface area contributed by atoms with Crippen molar-refractivity contribution in [3.8, 4) is 11.5 Å². The van der Waals surface area contributed by atoms with Crippen molar-refractivity contribution < 1.29 is 19.4 Å². The van der Waals surface area contributed by atoms with Crippen LogP contribution < -0.4 is 10.1 Å². The van der Waals surface area contributed by atoms with Crippen molar-refractivity contribution in [1.29, 1.82) is 0 Å². The smallest absolute Gasteiger partial charge is 0.293 e. The van der Waals surface area contributed by atoms with Gasteiger partial charge in [0.05, 0.1) is 4.91 Å². The number of aromatic nitrogens is 2. The van der Waals surface area contributed by atoms with Gasteiger partial charge >= 0.3 is 0 Å². The highest BCUT2D eigenvalue weighted by atomic mass is 79.9. The standard InChI is InChI=1S/C18H17BrN4O4S/c1-9(11-7-21-17(20-2)22-8-11)27-14-4-10(12(19)6-13(14)24)5-15-16(25)23(3)18(26)28-15/h4-9,24H,1-3H3,(H,20,21,22)/b15-5-. The molecule has 1 atom stereocenters. The molecule has 8 nitrogen and oxygen atoms in total. The lowest BCUT2D eigenvalue weighted by Gasteiger charge is -2.17. The third-order valence-corrected chi connectivity index (χ3v) is 5.67. The van der Waals surface area contributed by atoms with Crippen LogP contribution in [0.3, 0.4) is 0 Å². The Bertz CT molecular complexity index is 965. The predicted octanol–water partition coefficient (Wildman–Crippen LogP) is 3.79. The van der Waals surface area contributed by atoms with E-state index in [9.17, 15) is 14.7 Å². The van der Waals surface area contributed by atoms with Gasteiger partial charge in [-0.25, -0.2) is 9.97 Å². The molecule has 2 amide bonds. The van der Waals surface area contributed by atoms with E-state index in [1.807, 2.05) is 0 Å². The van der Waals surface area contributed by atoms with Crippen LogP contribution in [0.2, 0.25) is 0 Å². The van der Waals surface area contributed by atoms with E-state index in [4.69, 9.17) is 4.74 Å². The fourth-order valence-corrected chi connectivity index (χ4v) is 3.65. The largest absolute Gasteiger partial charge is 0.504 e. The maximum absolute atomic E-state index is 12.1. The van der Waals surface area contributed by atoms with Crippen molar-refractivity contribution in [2.24, 2.45) is 0 Å². The Hall–Kier alpha value is -2.59. The molecule has 1 saturated heterocycles. The minimum atomic E-state index is -0.423. The zero-order valence-electron chi connectivity index (χ0n) is 15.3. The van der Waals surface area contributed by atoms with Crippen LogP contribution in [-0.2, 0) is 4.79 Å². The molecule has 0 bridgehead atoms. The number of ether oxygens (including phenoxy) is 1. The molecule has 1 aromatic carbocycles. The van der Waals surface area contributed by atoms with Crippen LogP contribution in [0, 0.1) is 0 Å². The molecule has 10 heteroatoms. The molecule has 1 unspecified atom stereocenters. The summed E-state index contributed by atoms with van der Waals surface area (Å²) < 4.78 is 6.43. The van der Waals surface area contributed by atoms with Crippen molar-refractivity contribution in [1.82, 2.24) is 14.9 Å². The Balaban J connectivity index is 1.87. The topological polar surface area (TPSA) is 105 Å². The van der Waals surface area contributed by atoms with Gasteiger partial charge in [0.15, 0.2) is 11.5 Å². The predicted molar refractivity (Wildman–Crippen MR) is 110 cm³/mol. The fraction of sp³-hybridized carbons (Fsp3) is 0.222. The van der Waals surface area contributed by atoms with Crippen LogP contribution in [-0.4, -0.2) is 45.2 Å². The molecule has 1 aliphatic heterocycles. The SMILES string of the molecule is CNc1ncc(C(C)Oc2cc(/C=C3\SC(=O)N(C)C3=O)c(Br)cc2O)cn1. The number of phenols is 1. The number of carbonyl (C=O) groups is 2. The number of aromatic hydroxyl groups is 1. The minimum absolute atomic E-state index is 0.0627. The monoisotopic (exact) mass is 464 g/mol. The average Bonchev–Trinajstić information content (AvgIpc) is 2.92. The van der Waals surface area contributed by atoms with Gasteiger partial charge in [0.1, 0.15) is 6.10 Å². The number of carbonyl (C=O) groups excluding carboxylic acids is 2. The summed E-state index contributed by atoms with van der Waals surface area (Å²) in [5.41, 5.74) is 1.33. The van der Waals surface area contributed by atoms with Crippen molar-refractivity contribution in [2.45, 2.75) is 13.0 Å². The number of hydrogen-bond donors (Lipinski definition) is 2. The van der Waals surface area contributed by atoms with E-state index in [1.165, 1.54) is 13.1 Å². The molecular formula is C18H17BrN4O4S. The summed E-state index contributed by atoms with van der Waals surface area (Å²) in [6.45, 7) is 1.81. The molecule has 0 spiro atoms. The van der Waals surface area contributed by atoms with Gasteiger partial charge < -0.3 is 15.2 Å². The number of benzene rings is 1. The van der Waals surface area contributed by atoms with Crippen LogP contribution in [0.1, 0.15) is 24.2 Å². The van der Waals surface area contributed by atoms with Gasteiger partial charge in [0.25, 0.3) is 11.1 Å². The van der Waals surface area contributed by atoms with Crippen molar-refractivity contribution in [3.05, 3.63) is 45.0 Å². The summed E-state index contributed by atoms with van der Waals surface area (Å²) in [7, 11) is 3.16. The second-order valence-corrected chi connectivity index (χ2v) is 7.78. The maximum atomic E-state index is 12.1. The van der Waals surface area contributed by atoms with Crippen LogP contribution in [0.4, 0.5) is 10.7 Å². The molecule has 146 valence electrons. The van der Waals surface area contributed by atoms with Gasteiger partial charge in [-0.05, 0) is 42.5 Å². The number of amides is 2. The summed E-state index contributed by atoms with van der Waals surface area (Å²) in [6, 6.07) is 3.08. The third-order valence-electron chi connectivity index (χ3n) is 4.02. The van der Waals surface area contributed by atoms with Gasteiger partial charge in [-0.1, -0.05) is 15.9 Å². The van der Waals surface area contributed by atoms with Crippen molar-refractivity contribution >= 4 is 50.9 Å². The number of rotatable bonds is 5. The van der Waals surface area contributed by atoms with E-state index in [1.54, 1.807) is 38.5 Å². The molecule has 0 aliphatic carbocycles. The highest BCUT2D eigenvalue weighted by Gasteiger charge is 2.32. The van der Waals surface area contributed by atoms with Gasteiger partial charge in [-0.3, -0.25) is 14.5 Å². The summed E-state index contributed by atoms with van der Waals surface area (Å²) in [4.78, 5) is 33.4. The zero-order valence-corrected chi connectivity index (χ0v) is 17.7. The van der Waals surface area contributed by atoms with E-state index in [-0.39, 0.29) is 22.6 Å². The Morgan fingerprint density at radius 2 is 2.00 bits per heavy atom. The number of thioether (sulfide) groups is 1. The first kappa shape index (κ1) is 20.2. The summed E-state index contributed by atoms with van der Waals surface area (Å²) >= 11 is 4.22. The molecule has 2 heterocycles. The van der Waals surface area contributed by atoms with E-state index in [2.05, 4.69) is 31.2 Å². The van der Waals surface area contributed by atoms with Crippen LogP contribution in [0.25, 0.3) is 6.08 Å². The second kappa shape index (κ2) is 8.19. The lowest BCUT2D eigenvalue weighted by Crippen LogP contribution is -2.22. The van der Waals surface area contributed by atoms with Gasteiger partial charge in [0.2, 0.25) is 5.95 Å². The normalized spacial score (nSPS) is 16.6.